The maximum absolute atomic E-state index is 8.25. The smallest absolute Gasteiger partial charge is 0.398 e. The molecule has 2 rings (SSSR count). The molecule has 18 heavy (non-hydrogen) atoms. The summed E-state index contributed by atoms with van der Waals surface area (Å²) in [7, 11) is -0.873. The van der Waals surface area contributed by atoms with E-state index in [4.69, 9.17) is 18.9 Å². The summed E-state index contributed by atoms with van der Waals surface area (Å²) in [4.78, 5) is 4.13. The SMILES string of the molecule is [2H]C([2H])([2H])C([2H])(c1ccnc(B2OC(C)(C)C(C)(C)O2)c1)C([2H])([2H])[2H]. The molecule has 98 valence electrons. The summed E-state index contributed by atoms with van der Waals surface area (Å²) in [6.45, 7) is 1.33. The molecule has 0 spiro atoms. The zero-order valence-corrected chi connectivity index (χ0v) is 11.1. The summed E-state index contributed by atoms with van der Waals surface area (Å²) in [5.41, 5.74) is -1.18. The molecular weight excluding hydrogens is 225 g/mol. The molecule has 0 bridgehead atoms. The first-order valence-electron chi connectivity index (χ1n) is 9.35. The van der Waals surface area contributed by atoms with Crippen molar-refractivity contribution in [3.63, 3.8) is 0 Å². The summed E-state index contributed by atoms with van der Waals surface area (Å²) in [6, 6.07) is 2.51. The van der Waals surface area contributed by atoms with Gasteiger partial charge in [0.25, 0.3) is 0 Å². The van der Waals surface area contributed by atoms with Gasteiger partial charge in [0.2, 0.25) is 0 Å². The van der Waals surface area contributed by atoms with Gasteiger partial charge in [0.1, 0.15) is 0 Å². The number of nitrogens with zero attached hydrogens (tertiary/aromatic N) is 1. The van der Waals surface area contributed by atoms with E-state index in [9.17, 15) is 0 Å². The quantitative estimate of drug-likeness (QED) is 0.760. The van der Waals surface area contributed by atoms with Crippen LogP contribution >= 0.6 is 0 Å². The van der Waals surface area contributed by atoms with E-state index in [0.717, 1.165) is 0 Å². The summed E-state index contributed by atoms with van der Waals surface area (Å²) in [5, 5.41) is 0. The van der Waals surface area contributed by atoms with Crippen LogP contribution in [0.5, 0.6) is 0 Å². The van der Waals surface area contributed by atoms with Crippen LogP contribution in [-0.4, -0.2) is 23.3 Å². The third-order valence-electron chi connectivity index (χ3n) is 3.56. The Hall–Kier alpha value is -0.865. The van der Waals surface area contributed by atoms with E-state index in [1.54, 1.807) is 0 Å². The minimum Gasteiger partial charge on any atom is -0.398 e. The molecule has 0 atom stereocenters. The molecule has 3 nitrogen and oxygen atoms in total. The second kappa shape index (κ2) is 4.35. The molecule has 0 aliphatic carbocycles. The van der Waals surface area contributed by atoms with Crippen molar-refractivity contribution < 1.29 is 18.9 Å². The van der Waals surface area contributed by atoms with Crippen LogP contribution in [0.2, 0.25) is 0 Å². The molecule has 1 aromatic rings. The Morgan fingerprint density at radius 3 is 2.44 bits per heavy atom. The van der Waals surface area contributed by atoms with E-state index < -0.39 is 37.9 Å². The van der Waals surface area contributed by atoms with Gasteiger partial charge in [-0.3, -0.25) is 4.98 Å². The van der Waals surface area contributed by atoms with E-state index in [0.29, 0.717) is 0 Å². The highest BCUT2D eigenvalue weighted by Crippen LogP contribution is 2.36. The Labute approximate surface area is 120 Å². The van der Waals surface area contributed by atoms with Gasteiger partial charge in [-0.1, -0.05) is 13.7 Å². The lowest BCUT2D eigenvalue weighted by Gasteiger charge is -2.32. The third kappa shape index (κ3) is 2.32. The van der Waals surface area contributed by atoms with Crippen LogP contribution in [0.25, 0.3) is 0 Å². The first-order chi connectivity index (χ1) is 11.0. The molecule has 0 amide bonds. The second-order valence-corrected chi connectivity index (χ2v) is 5.43. The Kier molecular flexibility index (Phi) is 1.71. The van der Waals surface area contributed by atoms with Crippen LogP contribution in [0, 0.1) is 0 Å². The number of hydrogen-bond acceptors (Lipinski definition) is 3. The van der Waals surface area contributed by atoms with Crippen molar-refractivity contribution in [3.8, 4) is 0 Å². The standard InChI is InChI=1S/C14H22BNO2/c1-10(2)11-7-8-16-12(9-11)15-17-13(3,4)14(5,6)18-15/h7-10H,1-6H3/i1D3,2D3,10D. The Balaban J connectivity index is 2.49. The number of aromatic nitrogens is 1. The lowest BCUT2D eigenvalue weighted by atomic mass is 9.82. The predicted molar refractivity (Wildman–Crippen MR) is 74.0 cm³/mol. The van der Waals surface area contributed by atoms with Gasteiger partial charge >= 0.3 is 7.12 Å². The van der Waals surface area contributed by atoms with Gasteiger partial charge in [0, 0.05) is 15.8 Å². The predicted octanol–water partition coefficient (Wildman–Crippen LogP) is 2.50. The number of pyridine rings is 1. The first kappa shape index (κ1) is 7.06. The van der Waals surface area contributed by atoms with Gasteiger partial charge < -0.3 is 9.31 Å². The molecule has 0 aromatic carbocycles. The monoisotopic (exact) mass is 254 g/mol. The first-order valence-corrected chi connectivity index (χ1v) is 5.85. The second-order valence-electron chi connectivity index (χ2n) is 5.43. The molecule has 0 unspecified atom stereocenters. The van der Waals surface area contributed by atoms with E-state index in [1.807, 2.05) is 27.7 Å². The van der Waals surface area contributed by atoms with Gasteiger partial charge in [-0.15, -0.1) is 0 Å². The highest BCUT2D eigenvalue weighted by molar-refractivity contribution is 6.61. The zero-order valence-electron chi connectivity index (χ0n) is 18.1. The van der Waals surface area contributed by atoms with Gasteiger partial charge in [0.05, 0.1) is 16.8 Å². The van der Waals surface area contributed by atoms with Crippen molar-refractivity contribution in [1.82, 2.24) is 4.98 Å². The lowest BCUT2D eigenvalue weighted by molar-refractivity contribution is 0.00578. The maximum atomic E-state index is 8.25. The van der Waals surface area contributed by atoms with Crippen LogP contribution in [0.15, 0.2) is 18.3 Å². The molecule has 0 radical (unpaired) electrons. The minimum atomic E-state index is -3.05. The Morgan fingerprint density at radius 1 is 1.28 bits per heavy atom. The minimum absolute atomic E-state index is 0.174. The van der Waals surface area contributed by atoms with Crippen molar-refractivity contribution in [2.24, 2.45) is 0 Å². The van der Waals surface area contributed by atoms with Crippen molar-refractivity contribution in [1.29, 1.82) is 0 Å². The summed E-state index contributed by atoms with van der Waals surface area (Å²) >= 11 is 0. The molecule has 1 aliphatic rings. The zero-order chi connectivity index (χ0) is 19.5. The van der Waals surface area contributed by atoms with Gasteiger partial charge in [-0.2, -0.15) is 0 Å². The average molecular weight is 254 g/mol. The fraction of sp³-hybridized carbons (Fsp3) is 0.643. The maximum Gasteiger partial charge on any atom is 0.514 e. The molecule has 1 saturated heterocycles. The highest BCUT2D eigenvalue weighted by atomic mass is 16.7. The lowest BCUT2D eigenvalue weighted by Crippen LogP contribution is -2.41. The highest BCUT2D eigenvalue weighted by Gasteiger charge is 2.52. The summed E-state index contributed by atoms with van der Waals surface area (Å²) in [6.07, 6.45) is 1.27. The van der Waals surface area contributed by atoms with E-state index in [2.05, 4.69) is 4.98 Å². The number of hydrogen-bond donors (Lipinski definition) is 0. The van der Waals surface area contributed by atoms with Crippen LogP contribution in [0.4, 0.5) is 0 Å². The molecular formula is C14H22BNO2. The Bertz CT molecular complexity index is 627. The molecule has 1 fully saturated rings. The van der Waals surface area contributed by atoms with Crippen molar-refractivity contribution >= 4 is 12.7 Å². The average Bonchev–Trinajstić information content (AvgIpc) is 2.64. The molecule has 0 saturated carbocycles. The Morgan fingerprint density at radius 2 is 1.89 bits per heavy atom. The fourth-order valence-electron chi connectivity index (χ4n) is 1.70. The molecule has 1 aromatic heterocycles. The molecule has 0 N–H and O–H groups in total. The van der Waals surface area contributed by atoms with E-state index in [1.165, 1.54) is 18.3 Å². The number of rotatable bonds is 2. The summed E-state index contributed by atoms with van der Waals surface area (Å²) < 4.78 is 65.5. The van der Waals surface area contributed by atoms with Crippen LogP contribution in [0.3, 0.4) is 0 Å². The largest absolute Gasteiger partial charge is 0.514 e. The van der Waals surface area contributed by atoms with Gasteiger partial charge in [0.15, 0.2) is 0 Å². The van der Waals surface area contributed by atoms with Crippen molar-refractivity contribution in [3.05, 3.63) is 23.9 Å². The topological polar surface area (TPSA) is 31.4 Å². The molecule has 4 heteroatoms. The van der Waals surface area contributed by atoms with E-state index >= 15 is 0 Å². The molecule has 2 heterocycles. The van der Waals surface area contributed by atoms with Crippen molar-refractivity contribution in [2.45, 2.75) is 58.5 Å². The van der Waals surface area contributed by atoms with Crippen molar-refractivity contribution in [2.75, 3.05) is 0 Å². The summed E-state index contributed by atoms with van der Waals surface area (Å²) in [5.74, 6) is -2.78. The fourth-order valence-corrected chi connectivity index (χ4v) is 1.70. The van der Waals surface area contributed by atoms with Crippen LogP contribution in [0.1, 0.15) is 62.5 Å². The van der Waals surface area contributed by atoms with Gasteiger partial charge in [-0.25, -0.2) is 0 Å². The van der Waals surface area contributed by atoms with Gasteiger partial charge in [-0.05, 0) is 51.3 Å². The normalized spacial score (nSPS) is 29.3. The third-order valence-corrected chi connectivity index (χ3v) is 3.56. The van der Waals surface area contributed by atoms with Crippen LogP contribution in [-0.2, 0) is 9.31 Å². The molecule has 1 aliphatic heterocycles. The van der Waals surface area contributed by atoms with E-state index in [-0.39, 0.29) is 11.2 Å². The van der Waals surface area contributed by atoms with Crippen LogP contribution < -0.4 is 5.59 Å².